The largest absolute Gasteiger partial charge is 0.378 e. The molecule has 0 saturated heterocycles. The minimum atomic E-state index is -0.149. The monoisotopic (exact) mass is 407 g/mol. The van der Waals surface area contributed by atoms with Crippen LogP contribution in [0.4, 0.5) is 5.69 Å². The quantitative estimate of drug-likeness (QED) is 0.482. The number of anilines is 1. The molecule has 156 valence electrons. The highest BCUT2D eigenvalue weighted by molar-refractivity contribution is 5.95. The summed E-state index contributed by atoms with van der Waals surface area (Å²) in [6, 6.07) is 11.0. The smallest absolute Gasteiger partial charge is 0.251 e. The maximum Gasteiger partial charge on any atom is 0.251 e. The summed E-state index contributed by atoms with van der Waals surface area (Å²) >= 11 is 0. The van der Waals surface area contributed by atoms with Crippen LogP contribution in [0.2, 0.25) is 0 Å². The number of amides is 1. The van der Waals surface area contributed by atoms with Gasteiger partial charge in [-0.3, -0.25) is 9.48 Å². The summed E-state index contributed by atoms with van der Waals surface area (Å²) < 4.78 is 3.61. The van der Waals surface area contributed by atoms with Gasteiger partial charge in [-0.05, 0) is 30.3 Å². The third-order valence-electron chi connectivity index (χ3n) is 4.70. The van der Waals surface area contributed by atoms with Crippen molar-refractivity contribution in [3.05, 3.63) is 72.2 Å². The molecule has 3 aromatic heterocycles. The van der Waals surface area contributed by atoms with Crippen LogP contribution in [-0.4, -0.2) is 40.4 Å². The Balaban J connectivity index is 0.00000181. The van der Waals surface area contributed by atoms with Gasteiger partial charge in [0.1, 0.15) is 12.0 Å². The predicted octanol–water partition coefficient (Wildman–Crippen LogP) is 2.04. The summed E-state index contributed by atoms with van der Waals surface area (Å²) in [5.74, 6) is 1.26. The summed E-state index contributed by atoms with van der Waals surface area (Å²) in [5, 5.41) is 18.7. The summed E-state index contributed by atoms with van der Waals surface area (Å²) in [4.78, 5) is 20.6. The van der Waals surface area contributed by atoms with Crippen molar-refractivity contribution in [2.45, 2.75) is 13.1 Å². The van der Waals surface area contributed by atoms with E-state index in [9.17, 15) is 4.79 Å². The fourth-order valence-corrected chi connectivity index (χ4v) is 2.96. The number of hydrogen-bond acceptors (Lipinski definition) is 7. The number of hydrogen-bond donors (Lipinski definition) is 2. The van der Waals surface area contributed by atoms with Crippen LogP contribution in [0.3, 0.4) is 0 Å². The molecule has 0 bridgehead atoms. The maximum absolute atomic E-state index is 12.5. The van der Waals surface area contributed by atoms with Gasteiger partial charge in [0.25, 0.3) is 5.91 Å². The van der Waals surface area contributed by atoms with Crippen LogP contribution in [0.5, 0.6) is 0 Å². The van der Waals surface area contributed by atoms with Crippen LogP contribution in [-0.2, 0) is 27.2 Å². The Labute approximate surface area is 176 Å². The summed E-state index contributed by atoms with van der Waals surface area (Å²) in [7, 11) is 3.73. The lowest BCUT2D eigenvalue weighted by Gasteiger charge is -2.09. The van der Waals surface area contributed by atoms with Crippen LogP contribution in [0.25, 0.3) is 11.5 Å². The van der Waals surface area contributed by atoms with E-state index >= 15 is 0 Å². The zero-order valence-electron chi connectivity index (χ0n) is 16.6. The standard InChI is InChI=1S/C20H21N9O.2H2/c1-28-18(26-27-19(28)17-7-8-21-13-24-17)12-22-15-5-3-4-14(10-15)20(30)23-11-16-6-9-25-29(16)2;;/h3-10,13,22H,11-12H2,1-2H3,(H,23,30);2*1H. The van der Waals surface area contributed by atoms with E-state index in [0.717, 1.165) is 17.2 Å². The number of aryl methyl sites for hydroxylation is 1. The van der Waals surface area contributed by atoms with Crippen LogP contribution in [0.15, 0.2) is 55.1 Å². The molecule has 0 radical (unpaired) electrons. The van der Waals surface area contributed by atoms with Crippen molar-refractivity contribution in [1.82, 2.24) is 39.8 Å². The Kier molecular flexibility index (Phi) is 5.46. The summed E-state index contributed by atoms with van der Waals surface area (Å²) in [5.41, 5.74) is 3.02. The van der Waals surface area contributed by atoms with Crippen LogP contribution in [0.1, 0.15) is 24.7 Å². The van der Waals surface area contributed by atoms with Gasteiger partial charge in [0.2, 0.25) is 0 Å². The van der Waals surface area contributed by atoms with Crippen molar-refractivity contribution < 1.29 is 7.65 Å². The lowest BCUT2D eigenvalue weighted by atomic mass is 10.2. The molecule has 0 aliphatic carbocycles. The normalized spacial score (nSPS) is 10.7. The molecule has 10 nitrogen and oxygen atoms in total. The molecule has 0 fully saturated rings. The number of carbonyl (C=O) groups excluding carboxylic acids is 1. The van der Waals surface area contributed by atoms with Gasteiger partial charge < -0.3 is 15.2 Å². The van der Waals surface area contributed by atoms with Gasteiger partial charge in [0.15, 0.2) is 11.6 Å². The molecular weight excluding hydrogens is 382 g/mol. The highest BCUT2D eigenvalue weighted by Gasteiger charge is 2.12. The molecule has 1 aromatic carbocycles. The van der Waals surface area contributed by atoms with E-state index in [1.165, 1.54) is 6.33 Å². The molecular formula is C20H25N9O. The Morgan fingerprint density at radius 2 is 2.00 bits per heavy atom. The Bertz CT molecular complexity index is 1160. The Hall–Kier alpha value is -4.08. The number of nitrogens with zero attached hydrogens (tertiary/aromatic N) is 7. The van der Waals surface area contributed by atoms with Gasteiger partial charge >= 0.3 is 0 Å². The van der Waals surface area contributed by atoms with Crippen molar-refractivity contribution in [2.24, 2.45) is 14.1 Å². The predicted molar refractivity (Wildman–Crippen MR) is 114 cm³/mol. The topological polar surface area (TPSA) is 115 Å². The molecule has 4 rings (SSSR count). The SMILES string of the molecule is Cn1nccc1CNC(=O)c1cccc(NCc2nnc(-c3ccncn3)n2C)c1.[HH].[HH]. The van der Waals surface area contributed by atoms with Crippen molar-refractivity contribution in [3.8, 4) is 11.5 Å². The maximum atomic E-state index is 12.5. The van der Waals surface area contributed by atoms with Crippen molar-refractivity contribution in [3.63, 3.8) is 0 Å². The minimum absolute atomic E-state index is 0. The third-order valence-corrected chi connectivity index (χ3v) is 4.70. The van der Waals surface area contributed by atoms with Crippen LogP contribution < -0.4 is 10.6 Å². The second-order valence-corrected chi connectivity index (χ2v) is 6.66. The second-order valence-electron chi connectivity index (χ2n) is 6.66. The zero-order valence-corrected chi connectivity index (χ0v) is 16.6. The van der Waals surface area contributed by atoms with Gasteiger partial charge in [-0.2, -0.15) is 5.10 Å². The third kappa shape index (κ3) is 4.17. The van der Waals surface area contributed by atoms with Crippen molar-refractivity contribution in [1.29, 1.82) is 0 Å². The number of carbonyl (C=O) groups is 1. The van der Waals surface area contributed by atoms with Crippen LogP contribution >= 0.6 is 0 Å². The van der Waals surface area contributed by atoms with E-state index < -0.39 is 0 Å². The number of nitrogens with one attached hydrogen (secondary N) is 2. The molecule has 2 N–H and O–H groups in total. The molecule has 0 unspecified atom stereocenters. The number of benzene rings is 1. The lowest BCUT2D eigenvalue weighted by molar-refractivity contribution is 0.0950. The lowest BCUT2D eigenvalue weighted by Crippen LogP contribution is -2.24. The minimum Gasteiger partial charge on any atom is -0.378 e. The van der Waals surface area contributed by atoms with E-state index in [2.05, 4.69) is 35.9 Å². The molecule has 10 heteroatoms. The average Bonchev–Trinajstić information content (AvgIpc) is 3.36. The first-order valence-corrected chi connectivity index (χ1v) is 9.35. The molecule has 0 spiro atoms. The summed E-state index contributed by atoms with van der Waals surface area (Å²) in [6.07, 6.45) is 4.85. The van der Waals surface area contributed by atoms with E-state index in [1.54, 1.807) is 35.3 Å². The molecule has 0 aliphatic rings. The fraction of sp³-hybridized carbons (Fsp3) is 0.200. The number of rotatable bonds is 7. The molecule has 4 aromatic rings. The Morgan fingerprint density at radius 3 is 2.77 bits per heavy atom. The Morgan fingerprint density at radius 1 is 1.10 bits per heavy atom. The highest BCUT2D eigenvalue weighted by Crippen LogP contribution is 2.15. The van der Waals surface area contributed by atoms with Crippen molar-refractivity contribution >= 4 is 11.6 Å². The second kappa shape index (κ2) is 8.52. The molecule has 0 aliphatic heterocycles. The van der Waals surface area contributed by atoms with Gasteiger partial charge in [0, 0.05) is 40.6 Å². The van der Waals surface area contributed by atoms with E-state index in [4.69, 9.17) is 0 Å². The van der Waals surface area contributed by atoms with Crippen LogP contribution in [0, 0.1) is 0 Å². The average molecular weight is 407 g/mol. The van der Waals surface area contributed by atoms with Gasteiger partial charge in [-0.15, -0.1) is 10.2 Å². The molecule has 3 heterocycles. The fourth-order valence-electron chi connectivity index (χ4n) is 2.96. The zero-order chi connectivity index (χ0) is 20.9. The highest BCUT2D eigenvalue weighted by atomic mass is 16.1. The van der Waals surface area contributed by atoms with E-state index in [-0.39, 0.29) is 8.76 Å². The first kappa shape index (κ1) is 19.2. The van der Waals surface area contributed by atoms with E-state index in [1.807, 2.05) is 36.9 Å². The van der Waals surface area contributed by atoms with Gasteiger partial charge in [0.05, 0.1) is 18.8 Å². The number of aromatic nitrogens is 7. The molecule has 1 amide bonds. The first-order chi connectivity index (χ1) is 14.6. The van der Waals surface area contributed by atoms with Gasteiger partial charge in [-0.25, -0.2) is 9.97 Å². The molecule has 30 heavy (non-hydrogen) atoms. The molecule has 0 saturated carbocycles. The van der Waals surface area contributed by atoms with E-state index in [0.29, 0.717) is 30.2 Å². The summed E-state index contributed by atoms with van der Waals surface area (Å²) in [6.45, 7) is 0.867. The van der Waals surface area contributed by atoms with Gasteiger partial charge in [-0.1, -0.05) is 6.07 Å². The first-order valence-electron chi connectivity index (χ1n) is 9.35. The molecule has 0 atom stereocenters. The van der Waals surface area contributed by atoms with Crippen molar-refractivity contribution in [2.75, 3.05) is 5.32 Å².